The summed E-state index contributed by atoms with van der Waals surface area (Å²) in [5, 5.41) is 2.86. The van der Waals surface area contributed by atoms with Gasteiger partial charge in [-0.1, -0.05) is 0 Å². The summed E-state index contributed by atoms with van der Waals surface area (Å²) in [5.74, 6) is 0.783. The molecule has 2 heterocycles. The lowest BCUT2D eigenvalue weighted by Crippen LogP contribution is -2.50. The molecular formula is C17H24N2O3S. The molecule has 2 aliphatic rings. The molecule has 1 N–H and O–H groups in total. The highest BCUT2D eigenvalue weighted by Crippen LogP contribution is 2.50. The molecule has 0 unspecified atom stereocenters. The number of hydrogen-bond acceptors (Lipinski definition) is 4. The number of nitrogens with zero attached hydrogens (tertiary/aromatic N) is 1. The number of likely N-dealkylation sites (tertiary alicyclic amines) is 1. The van der Waals surface area contributed by atoms with Crippen molar-refractivity contribution in [2.45, 2.75) is 45.1 Å². The van der Waals surface area contributed by atoms with Gasteiger partial charge in [0.05, 0.1) is 6.61 Å². The molecule has 2 amide bonds. The lowest BCUT2D eigenvalue weighted by molar-refractivity contribution is -0.134. The molecule has 6 heteroatoms. The Balaban J connectivity index is 1.53. The second-order valence-corrected chi connectivity index (χ2v) is 7.70. The van der Waals surface area contributed by atoms with Crippen LogP contribution < -0.4 is 5.32 Å². The summed E-state index contributed by atoms with van der Waals surface area (Å²) in [5.41, 5.74) is 0. The van der Waals surface area contributed by atoms with Crippen molar-refractivity contribution in [2.75, 3.05) is 19.7 Å². The normalized spacial score (nSPS) is 26.7. The third-order valence-corrected chi connectivity index (χ3v) is 5.70. The summed E-state index contributed by atoms with van der Waals surface area (Å²) < 4.78 is 4.93. The minimum absolute atomic E-state index is 0.00734. The van der Waals surface area contributed by atoms with Gasteiger partial charge in [-0.25, -0.2) is 4.79 Å². The zero-order chi connectivity index (χ0) is 16.4. The van der Waals surface area contributed by atoms with E-state index in [9.17, 15) is 9.59 Å². The quantitative estimate of drug-likeness (QED) is 0.920. The van der Waals surface area contributed by atoms with Gasteiger partial charge in [0.1, 0.15) is 0 Å². The van der Waals surface area contributed by atoms with Crippen LogP contribution in [0.25, 0.3) is 0 Å². The fourth-order valence-corrected chi connectivity index (χ4v) is 4.36. The van der Waals surface area contributed by atoms with Gasteiger partial charge < -0.3 is 15.0 Å². The highest BCUT2D eigenvalue weighted by atomic mass is 32.1. The Morgan fingerprint density at radius 2 is 2.26 bits per heavy atom. The van der Waals surface area contributed by atoms with E-state index in [2.05, 4.69) is 24.4 Å². The number of rotatable bonds is 4. The Bertz CT molecular complexity index is 586. The number of amides is 2. The van der Waals surface area contributed by atoms with Gasteiger partial charge in [-0.05, 0) is 45.2 Å². The standard InChI is InChI=1S/C17H24N2O3S/c1-3-22-17(21)18-12-5-4-8-19(10-12)16(20)14-9-13(14)15-7-6-11(2)23-15/h6-7,12-14H,3-5,8-10H2,1-2H3,(H,18,21)/t12-,13+,14+/m1/s1. The first kappa shape index (κ1) is 16.3. The third-order valence-electron chi connectivity index (χ3n) is 4.56. The van der Waals surface area contributed by atoms with E-state index in [0.717, 1.165) is 25.8 Å². The molecule has 1 aliphatic carbocycles. The summed E-state index contributed by atoms with van der Waals surface area (Å²) in [6, 6.07) is 4.28. The van der Waals surface area contributed by atoms with Crippen LogP contribution in [0.3, 0.4) is 0 Å². The van der Waals surface area contributed by atoms with E-state index in [-0.39, 0.29) is 24.0 Å². The van der Waals surface area contributed by atoms with Crippen molar-refractivity contribution in [1.29, 1.82) is 0 Å². The van der Waals surface area contributed by atoms with E-state index in [0.29, 0.717) is 19.1 Å². The maximum Gasteiger partial charge on any atom is 0.407 e. The zero-order valence-corrected chi connectivity index (χ0v) is 14.5. The van der Waals surface area contributed by atoms with Gasteiger partial charge in [0.2, 0.25) is 5.91 Å². The lowest BCUT2D eigenvalue weighted by Gasteiger charge is -2.33. The highest BCUT2D eigenvalue weighted by Gasteiger charge is 2.47. The first-order valence-corrected chi connectivity index (χ1v) is 9.18. The second kappa shape index (κ2) is 6.91. The van der Waals surface area contributed by atoms with Gasteiger partial charge in [0.15, 0.2) is 0 Å². The number of carbonyl (C=O) groups is 2. The van der Waals surface area contributed by atoms with Gasteiger partial charge in [-0.15, -0.1) is 11.3 Å². The average molecular weight is 336 g/mol. The molecule has 23 heavy (non-hydrogen) atoms. The number of aryl methyl sites for hydroxylation is 1. The zero-order valence-electron chi connectivity index (χ0n) is 13.7. The van der Waals surface area contributed by atoms with E-state index in [4.69, 9.17) is 4.74 Å². The van der Waals surface area contributed by atoms with Gasteiger partial charge in [-0.2, -0.15) is 0 Å². The molecule has 0 bridgehead atoms. The summed E-state index contributed by atoms with van der Waals surface area (Å²) in [6.45, 7) is 5.65. The summed E-state index contributed by atoms with van der Waals surface area (Å²) >= 11 is 1.80. The SMILES string of the molecule is CCOC(=O)N[C@@H]1CCCN(C(=O)[C@H]2C[C@@H]2c2ccc(C)s2)C1. The number of thiophene rings is 1. The van der Waals surface area contributed by atoms with Crippen LogP contribution in [0.4, 0.5) is 4.79 Å². The molecule has 1 aromatic rings. The first-order valence-electron chi connectivity index (χ1n) is 8.37. The highest BCUT2D eigenvalue weighted by molar-refractivity contribution is 7.12. The van der Waals surface area contributed by atoms with Crippen molar-refractivity contribution in [3.05, 3.63) is 21.9 Å². The van der Waals surface area contributed by atoms with Crippen molar-refractivity contribution in [1.82, 2.24) is 10.2 Å². The van der Waals surface area contributed by atoms with Crippen LogP contribution in [0.15, 0.2) is 12.1 Å². The Hall–Kier alpha value is -1.56. The molecule has 1 saturated heterocycles. The first-order chi connectivity index (χ1) is 11.1. The number of ether oxygens (including phenoxy) is 1. The molecule has 1 aliphatic heterocycles. The number of nitrogens with one attached hydrogen (secondary N) is 1. The van der Waals surface area contributed by atoms with Gasteiger partial charge in [-0.3, -0.25) is 4.79 Å². The van der Waals surface area contributed by atoms with Crippen LogP contribution in [0, 0.1) is 12.8 Å². The van der Waals surface area contributed by atoms with Crippen molar-refractivity contribution < 1.29 is 14.3 Å². The van der Waals surface area contributed by atoms with Gasteiger partial charge in [0.25, 0.3) is 0 Å². The van der Waals surface area contributed by atoms with E-state index in [1.54, 1.807) is 18.3 Å². The predicted octanol–water partition coefficient (Wildman–Crippen LogP) is 2.90. The fraction of sp³-hybridized carbons (Fsp3) is 0.647. The fourth-order valence-electron chi connectivity index (χ4n) is 3.30. The number of carbonyl (C=O) groups excluding carboxylic acids is 2. The molecule has 1 aromatic heterocycles. The van der Waals surface area contributed by atoms with Gasteiger partial charge in [0, 0.05) is 40.7 Å². The molecule has 0 spiro atoms. The van der Waals surface area contributed by atoms with E-state index < -0.39 is 0 Å². The molecule has 1 saturated carbocycles. The minimum Gasteiger partial charge on any atom is -0.450 e. The number of hydrogen-bond donors (Lipinski definition) is 1. The molecule has 5 nitrogen and oxygen atoms in total. The molecule has 126 valence electrons. The maximum atomic E-state index is 12.7. The number of alkyl carbamates (subject to hydrolysis) is 1. The summed E-state index contributed by atoms with van der Waals surface area (Å²) in [7, 11) is 0. The van der Waals surface area contributed by atoms with E-state index in [1.807, 2.05) is 4.90 Å². The smallest absolute Gasteiger partial charge is 0.407 e. The molecule has 3 atom stereocenters. The van der Waals surface area contributed by atoms with Crippen molar-refractivity contribution in [3.8, 4) is 0 Å². The van der Waals surface area contributed by atoms with Gasteiger partial charge >= 0.3 is 6.09 Å². The summed E-state index contributed by atoms with van der Waals surface area (Å²) in [6.07, 6.45) is 2.41. The molecule has 3 rings (SSSR count). The van der Waals surface area contributed by atoms with Crippen LogP contribution in [0.2, 0.25) is 0 Å². The summed E-state index contributed by atoms with van der Waals surface area (Å²) in [4.78, 5) is 28.8. The van der Waals surface area contributed by atoms with Crippen LogP contribution in [-0.4, -0.2) is 42.6 Å². The average Bonchev–Trinajstić information content (AvgIpc) is 3.21. The maximum absolute atomic E-state index is 12.7. The molecule has 2 fully saturated rings. The van der Waals surface area contributed by atoms with E-state index in [1.165, 1.54) is 9.75 Å². The molecular weight excluding hydrogens is 312 g/mol. The Morgan fingerprint density at radius 1 is 1.43 bits per heavy atom. The minimum atomic E-state index is -0.384. The number of piperidine rings is 1. The Morgan fingerprint density at radius 3 is 2.96 bits per heavy atom. The van der Waals surface area contributed by atoms with Crippen molar-refractivity contribution in [2.24, 2.45) is 5.92 Å². The second-order valence-electron chi connectivity index (χ2n) is 6.39. The monoisotopic (exact) mass is 336 g/mol. The van der Waals surface area contributed by atoms with Crippen LogP contribution in [0.1, 0.15) is 41.9 Å². The van der Waals surface area contributed by atoms with Crippen LogP contribution in [-0.2, 0) is 9.53 Å². The predicted molar refractivity (Wildman–Crippen MR) is 89.7 cm³/mol. The largest absolute Gasteiger partial charge is 0.450 e. The Labute approximate surface area is 141 Å². The van der Waals surface area contributed by atoms with Crippen LogP contribution in [0.5, 0.6) is 0 Å². The van der Waals surface area contributed by atoms with E-state index >= 15 is 0 Å². The third kappa shape index (κ3) is 3.86. The topological polar surface area (TPSA) is 58.6 Å². The Kier molecular flexibility index (Phi) is 4.90. The van der Waals surface area contributed by atoms with Crippen LogP contribution >= 0.6 is 11.3 Å². The lowest BCUT2D eigenvalue weighted by atomic mass is 10.1. The van der Waals surface area contributed by atoms with Crippen molar-refractivity contribution >= 4 is 23.3 Å². The molecule has 0 radical (unpaired) electrons. The van der Waals surface area contributed by atoms with Crippen molar-refractivity contribution in [3.63, 3.8) is 0 Å². The molecule has 0 aromatic carbocycles.